The van der Waals surface area contributed by atoms with Crippen molar-refractivity contribution in [3.05, 3.63) is 53.0 Å². The first kappa shape index (κ1) is 12.2. The molecule has 0 amide bonds. The minimum atomic E-state index is 0.179. The monoisotopic (exact) mass is 290 g/mol. The molecular weight excluding hydrogens is 276 g/mol. The molecule has 0 aromatic heterocycles. The number of rotatable bonds is 3. The Hall–Kier alpha value is -1.28. The van der Waals surface area contributed by atoms with Gasteiger partial charge in [-0.15, -0.1) is 0 Å². The fraction of sp³-hybridized carbons (Fsp3) is 0.200. The lowest BCUT2D eigenvalue weighted by Crippen LogP contribution is -2.06. The zero-order valence-electron chi connectivity index (χ0n) is 9.98. The van der Waals surface area contributed by atoms with Crippen molar-refractivity contribution >= 4 is 15.9 Å². The van der Waals surface area contributed by atoms with Gasteiger partial charge in [0.25, 0.3) is 0 Å². The van der Waals surface area contributed by atoms with E-state index in [4.69, 9.17) is 4.74 Å². The van der Waals surface area contributed by atoms with Crippen LogP contribution >= 0.6 is 15.9 Å². The van der Waals surface area contributed by atoms with Crippen LogP contribution in [0.1, 0.15) is 13.8 Å². The van der Waals surface area contributed by atoms with Crippen LogP contribution in [0.15, 0.2) is 53.0 Å². The maximum atomic E-state index is 5.83. The summed E-state index contributed by atoms with van der Waals surface area (Å²) in [5.41, 5.74) is 2.29. The minimum Gasteiger partial charge on any atom is -0.490 e. The minimum absolute atomic E-state index is 0.179. The van der Waals surface area contributed by atoms with E-state index in [1.165, 1.54) is 5.56 Å². The first-order valence-electron chi connectivity index (χ1n) is 5.68. The highest BCUT2D eigenvalue weighted by atomic mass is 79.9. The normalized spacial score (nSPS) is 10.6. The van der Waals surface area contributed by atoms with Crippen molar-refractivity contribution < 1.29 is 4.74 Å². The quantitative estimate of drug-likeness (QED) is 0.781. The highest BCUT2D eigenvalue weighted by Gasteiger charge is 2.08. The summed E-state index contributed by atoms with van der Waals surface area (Å²) in [5.74, 6) is 0.925. The molecule has 0 N–H and O–H groups in total. The van der Waals surface area contributed by atoms with Gasteiger partial charge in [-0.25, -0.2) is 0 Å². The highest BCUT2D eigenvalue weighted by molar-refractivity contribution is 9.10. The summed E-state index contributed by atoms with van der Waals surface area (Å²) in [4.78, 5) is 0. The van der Waals surface area contributed by atoms with Gasteiger partial charge in [-0.3, -0.25) is 0 Å². The molecule has 0 saturated heterocycles. The van der Waals surface area contributed by atoms with Crippen LogP contribution in [0.5, 0.6) is 5.75 Å². The van der Waals surface area contributed by atoms with Gasteiger partial charge in [0.05, 0.1) is 6.10 Å². The van der Waals surface area contributed by atoms with Crippen molar-refractivity contribution in [3.8, 4) is 16.9 Å². The summed E-state index contributed by atoms with van der Waals surface area (Å²) >= 11 is 3.50. The molecule has 2 rings (SSSR count). The second-order valence-corrected chi connectivity index (χ2v) is 5.09. The number of ether oxygens (including phenoxy) is 1. The molecule has 0 aliphatic rings. The van der Waals surface area contributed by atoms with E-state index in [0.717, 1.165) is 15.8 Å². The summed E-state index contributed by atoms with van der Waals surface area (Å²) in [6, 6.07) is 16.4. The van der Waals surface area contributed by atoms with Crippen LogP contribution in [0.2, 0.25) is 0 Å². The molecule has 88 valence electrons. The summed E-state index contributed by atoms with van der Waals surface area (Å²) < 4.78 is 6.90. The Morgan fingerprint density at radius 1 is 1.00 bits per heavy atom. The lowest BCUT2D eigenvalue weighted by atomic mass is 10.0. The first-order valence-corrected chi connectivity index (χ1v) is 6.48. The number of hydrogen-bond donors (Lipinski definition) is 0. The summed E-state index contributed by atoms with van der Waals surface area (Å²) in [7, 11) is 0. The number of halogens is 1. The van der Waals surface area contributed by atoms with Gasteiger partial charge < -0.3 is 4.74 Å². The van der Waals surface area contributed by atoms with Gasteiger partial charge in [0.15, 0.2) is 0 Å². The molecule has 0 atom stereocenters. The van der Waals surface area contributed by atoms with E-state index in [-0.39, 0.29) is 6.10 Å². The first-order chi connectivity index (χ1) is 8.16. The zero-order chi connectivity index (χ0) is 12.3. The van der Waals surface area contributed by atoms with Crippen LogP contribution in [0.3, 0.4) is 0 Å². The van der Waals surface area contributed by atoms with E-state index in [1.54, 1.807) is 0 Å². The predicted molar refractivity (Wildman–Crippen MR) is 75.3 cm³/mol. The maximum Gasteiger partial charge on any atom is 0.127 e. The van der Waals surface area contributed by atoms with E-state index in [1.807, 2.05) is 44.2 Å². The summed E-state index contributed by atoms with van der Waals surface area (Å²) in [6.07, 6.45) is 0.179. The topological polar surface area (TPSA) is 9.23 Å². The summed E-state index contributed by atoms with van der Waals surface area (Å²) in [5, 5.41) is 0. The molecule has 1 nitrogen and oxygen atoms in total. The molecule has 2 aromatic carbocycles. The molecule has 0 bridgehead atoms. The smallest absolute Gasteiger partial charge is 0.127 e. The van der Waals surface area contributed by atoms with Crippen molar-refractivity contribution in [2.24, 2.45) is 0 Å². The fourth-order valence-corrected chi connectivity index (χ4v) is 2.06. The second-order valence-electron chi connectivity index (χ2n) is 4.17. The van der Waals surface area contributed by atoms with Crippen molar-refractivity contribution in [3.63, 3.8) is 0 Å². The molecule has 0 aliphatic heterocycles. The van der Waals surface area contributed by atoms with Crippen LogP contribution < -0.4 is 4.74 Å². The third-order valence-corrected chi connectivity index (χ3v) is 2.88. The molecule has 0 radical (unpaired) electrons. The van der Waals surface area contributed by atoms with E-state index in [2.05, 4.69) is 34.1 Å². The van der Waals surface area contributed by atoms with E-state index < -0.39 is 0 Å². The maximum absolute atomic E-state index is 5.83. The van der Waals surface area contributed by atoms with Gasteiger partial charge in [0.2, 0.25) is 0 Å². The largest absolute Gasteiger partial charge is 0.490 e. The second kappa shape index (κ2) is 5.37. The Morgan fingerprint density at radius 3 is 2.35 bits per heavy atom. The van der Waals surface area contributed by atoms with E-state index in [0.29, 0.717) is 0 Å². The lowest BCUT2D eigenvalue weighted by molar-refractivity contribution is 0.243. The van der Waals surface area contributed by atoms with Crippen LogP contribution in [0.25, 0.3) is 11.1 Å². The van der Waals surface area contributed by atoms with E-state index in [9.17, 15) is 0 Å². The third-order valence-electron chi connectivity index (χ3n) is 2.39. The van der Waals surface area contributed by atoms with Crippen molar-refractivity contribution in [1.29, 1.82) is 0 Å². The average Bonchev–Trinajstić information content (AvgIpc) is 2.32. The molecule has 2 heteroatoms. The van der Waals surface area contributed by atoms with Crippen molar-refractivity contribution in [2.45, 2.75) is 20.0 Å². The van der Waals surface area contributed by atoms with Crippen LogP contribution in [-0.2, 0) is 0 Å². The molecule has 0 heterocycles. The van der Waals surface area contributed by atoms with Gasteiger partial charge in [0.1, 0.15) is 5.75 Å². The summed E-state index contributed by atoms with van der Waals surface area (Å²) in [6.45, 7) is 4.08. The lowest BCUT2D eigenvalue weighted by Gasteiger charge is -2.14. The van der Waals surface area contributed by atoms with Gasteiger partial charge in [0, 0.05) is 10.0 Å². The third kappa shape index (κ3) is 3.10. The van der Waals surface area contributed by atoms with Gasteiger partial charge in [-0.1, -0.05) is 46.3 Å². The average molecular weight is 291 g/mol. The fourth-order valence-electron chi connectivity index (χ4n) is 1.70. The van der Waals surface area contributed by atoms with Crippen LogP contribution in [0.4, 0.5) is 0 Å². The number of hydrogen-bond acceptors (Lipinski definition) is 1. The SMILES string of the molecule is CC(C)Oc1ccc(Br)cc1-c1ccccc1. The molecule has 0 spiro atoms. The number of benzene rings is 2. The Balaban J connectivity index is 2.47. The molecule has 2 aromatic rings. The Kier molecular flexibility index (Phi) is 3.85. The molecule has 0 aliphatic carbocycles. The van der Waals surface area contributed by atoms with Gasteiger partial charge in [-0.2, -0.15) is 0 Å². The predicted octanol–water partition coefficient (Wildman–Crippen LogP) is 4.90. The van der Waals surface area contributed by atoms with Crippen LogP contribution in [0, 0.1) is 0 Å². The van der Waals surface area contributed by atoms with Crippen LogP contribution in [-0.4, -0.2) is 6.10 Å². The Labute approximate surface area is 111 Å². The van der Waals surface area contributed by atoms with Gasteiger partial charge >= 0.3 is 0 Å². The molecule has 0 saturated carbocycles. The molecule has 0 unspecified atom stereocenters. The molecule has 17 heavy (non-hydrogen) atoms. The standard InChI is InChI=1S/C15H15BrO/c1-11(2)17-15-9-8-13(16)10-14(15)12-6-4-3-5-7-12/h3-11H,1-2H3. The molecule has 0 fully saturated rings. The molecular formula is C15H15BrO. The van der Waals surface area contributed by atoms with E-state index >= 15 is 0 Å². The highest BCUT2D eigenvalue weighted by Crippen LogP contribution is 2.33. The zero-order valence-corrected chi connectivity index (χ0v) is 11.6. The van der Waals surface area contributed by atoms with Crippen molar-refractivity contribution in [2.75, 3.05) is 0 Å². The Morgan fingerprint density at radius 2 is 1.71 bits per heavy atom. The Bertz CT molecular complexity index is 492. The van der Waals surface area contributed by atoms with Crippen molar-refractivity contribution in [1.82, 2.24) is 0 Å². The van der Waals surface area contributed by atoms with Gasteiger partial charge in [-0.05, 0) is 37.6 Å².